The third kappa shape index (κ3) is 3.76. The first-order valence-corrected chi connectivity index (χ1v) is 14.4. The Hall–Kier alpha value is -4.42. The van der Waals surface area contributed by atoms with E-state index in [0.717, 1.165) is 31.0 Å². The second-order valence-corrected chi connectivity index (χ2v) is 12.5. The number of hydrogen-bond donors (Lipinski definition) is 3. The number of phenols is 1. The van der Waals surface area contributed by atoms with Gasteiger partial charge in [-0.3, -0.25) is 14.5 Å². The Labute approximate surface area is 251 Å². The van der Waals surface area contributed by atoms with Crippen LogP contribution in [-0.2, 0) is 45.2 Å². The quantitative estimate of drug-likeness (QED) is 0.296. The van der Waals surface area contributed by atoms with Crippen molar-refractivity contribution in [1.29, 1.82) is 0 Å². The number of likely N-dealkylation sites (N-methyl/N-ethyl adjacent to an activating group) is 1. The zero-order chi connectivity index (χ0) is 31.2. The number of aliphatic hydroxyl groups is 1. The van der Waals surface area contributed by atoms with E-state index in [1.165, 1.54) is 0 Å². The molecule has 1 saturated carbocycles. The van der Waals surface area contributed by atoms with E-state index in [2.05, 4.69) is 4.90 Å². The van der Waals surface area contributed by atoms with E-state index in [9.17, 15) is 34.5 Å². The van der Waals surface area contributed by atoms with E-state index in [1.807, 2.05) is 13.1 Å². The third-order valence-corrected chi connectivity index (χ3v) is 9.93. The van der Waals surface area contributed by atoms with Crippen molar-refractivity contribution >= 4 is 23.9 Å². The molecule has 44 heavy (non-hydrogen) atoms. The number of benzene rings is 2. The standard InChI is InChI=1S/C32H31NO11/c1-16(34)41-21(27(37)38)12-22(36)43-24(17-6-4-3-5-7-17)28(39)42-20-10-11-32(40)29-30(15-33(29)2)13-18-8-9-19(35)25-23(18)31(32,14-30)26(20)44-25/h3-10,21,24,26,29,35,40H,11-15H2,1-2H3,(H,37,38)/t21-,24-,26-,29+,30?,31-,32+/m0/s1. The van der Waals surface area contributed by atoms with Crippen LogP contribution in [0.15, 0.2) is 54.3 Å². The van der Waals surface area contributed by atoms with E-state index in [0.29, 0.717) is 6.42 Å². The molecule has 2 aliphatic heterocycles. The number of ether oxygens (including phenoxy) is 4. The minimum atomic E-state index is -1.80. The van der Waals surface area contributed by atoms with E-state index in [-0.39, 0.29) is 40.7 Å². The number of nitrogens with zero attached hydrogens (tertiary/aromatic N) is 1. The number of likely N-dealkylation sites (tertiary alicyclic amines) is 1. The van der Waals surface area contributed by atoms with E-state index in [4.69, 9.17) is 18.9 Å². The zero-order valence-electron chi connectivity index (χ0n) is 24.0. The van der Waals surface area contributed by atoms with Gasteiger partial charge in [0.05, 0.1) is 17.4 Å². The summed E-state index contributed by atoms with van der Waals surface area (Å²) in [5, 5.41) is 32.7. The number of phenolic OH excluding ortho intramolecular Hbond substituents is 1. The molecule has 2 bridgehead atoms. The topological polar surface area (TPSA) is 169 Å². The SMILES string of the molecule is CC(=O)O[C@@H](CC(=O)O[C@H](C(=O)OC1=CC[C@@]2(O)[C@@H]3N(C)CC34Cc3ccc(O)c5c3[C@@]2(C4)[C@H]1O5)c1ccccc1)C(=O)O. The van der Waals surface area contributed by atoms with Gasteiger partial charge >= 0.3 is 23.9 Å². The minimum Gasteiger partial charge on any atom is -0.504 e. The lowest BCUT2D eigenvalue weighted by Gasteiger charge is -2.56. The van der Waals surface area contributed by atoms with Crippen LogP contribution in [0.2, 0.25) is 0 Å². The normalized spacial score (nSPS) is 31.7. The number of hydrogen-bond acceptors (Lipinski definition) is 11. The summed E-state index contributed by atoms with van der Waals surface area (Å²) >= 11 is 0. The molecular formula is C32H31NO11. The Balaban J connectivity index is 1.21. The molecule has 0 radical (unpaired) electrons. The van der Waals surface area contributed by atoms with Crippen LogP contribution in [0.25, 0.3) is 0 Å². The average Bonchev–Trinajstić information content (AvgIpc) is 3.39. The molecule has 7 rings (SSSR count). The molecule has 2 heterocycles. The number of aromatic hydroxyl groups is 1. The van der Waals surface area contributed by atoms with Crippen molar-refractivity contribution in [2.45, 2.75) is 68.0 Å². The molecule has 2 aromatic rings. The Bertz CT molecular complexity index is 1640. The van der Waals surface area contributed by atoms with Gasteiger partial charge in [-0.05, 0) is 37.6 Å². The van der Waals surface area contributed by atoms with Crippen LogP contribution in [0.5, 0.6) is 11.5 Å². The highest BCUT2D eigenvalue weighted by Gasteiger charge is 2.82. The van der Waals surface area contributed by atoms with Crippen LogP contribution in [0.3, 0.4) is 0 Å². The highest BCUT2D eigenvalue weighted by molar-refractivity contribution is 5.85. The molecule has 0 aromatic heterocycles. The van der Waals surface area contributed by atoms with Crippen LogP contribution in [0.4, 0.5) is 0 Å². The second-order valence-electron chi connectivity index (χ2n) is 12.5. The lowest BCUT2D eigenvalue weighted by molar-refractivity contribution is -0.174. The number of aliphatic carboxylic acids is 1. The number of esters is 3. The highest BCUT2D eigenvalue weighted by Crippen LogP contribution is 2.75. The van der Waals surface area contributed by atoms with Crippen LogP contribution in [0.1, 0.15) is 49.0 Å². The molecule has 2 fully saturated rings. The van der Waals surface area contributed by atoms with Gasteiger partial charge < -0.3 is 34.3 Å². The maximum atomic E-state index is 13.8. The van der Waals surface area contributed by atoms with Crippen molar-refractivity contribution in [3.05, 3.63) is 71.0 Å². The van der Waals surface area contributed by atoms with Gasteiger partial charge in [-0.15, -0.1) is 0 Å². The summed E-state index contributed by atoms with van der Waals surface area (Å²) in [5.74, 6) is -4.18. The number of carboxylic acids is 1. The first-order valence-electron chi connectivity index (χ1n) is 14.4. The molecule has 12 heteroatoms. The summed E-state index contributed by atoms with van der Waals surface area (Å²) in [5.41, 5.74) is -0.426. The van der Waals surface area contributed by atoms with Gasteiger partial charge in [0.15, 0.2) is 17.6 Å². The number of carbonyl (C=O) groups excluding carboxylic acids is 3. The molecule has 3 N–H and O–H groups in total. The van der Waals surface area contributed by atoms with Crippen molar-refractivity contribution in [2.75, 3.05) is 13.6 Å². The second kappa shape index (κ2) is 9.54. The van der Waals surface area contributed by atoms with E-state index in [1.54, 1.807) is 42.5 Å². The molecule has 12 nitrogen and oxygen atoms in total. The predicted octanol–water partition coefficient (Wildman–Crippen LogP) is 1.90. The molecule has 7 atom stereocenters. The number of carbonyl (C=O) groups is 4. The van der Waals surface area contributed by atoms with Crippen LogP contribution in [-0.4, -0.2) is 81.5 Å². The summed E-state index contributed by atoms with van der Waals surface area (Å²) in [7, 11) is 1.98. The van der Waals surface area contributed by atoms with Gasteiger partial charge in [0.1, 0.15) is 5.76 Å². The third-order valence-electron chi connectivity index (χ3n) is 9.93. The van der Waals surface area contributed by atoms with Crippen molar-refractivity contribution in [3.63, 3.8) is 0 Å². The highest BCUT2D eigenvalue weighted by atomic mass is 16.6. The number of fused-ring (bicyclic) bond motifs is 1. The van der Waals surface area contributed by atoms with Gasteiger partial charge in [-0.1, -0.05) is 36.4 Å². The van der Waals surface area contributed by atoms with Gasteiger partial charge in [-0.2, -0.15) is 0 Å². The van der Waals surface area contributed by atoms with Gasteiger partial charge in [0, 0.05) is 42.5 Å². The van der Waals surface area contributed by atoms with Crippen molar-refractivity contribution in [3.8, 4) is 11.5 Å². The largest absolute Gasteiger partial charge is 0.504 e. The van der Waals surface area contributed by atoms with Crippen molar-refractivity contribution in [1.82, 2.24) is 4.90 Å². The molecule has 5 aliphatic rings. The molecule has 230 valence electrons. The monoisotopic (exact) mass is 605 g/mol. The Morgan fingerprint density at radius 3 is 2.55 bits per heavy atom. The molecule has 0 amide bonds. The Kier molecular flexibility index (Phi) is 6.15. The first-order chi connectivity index (χ1) is 20.9. The molecular weight excluding hydrogens is 574 g/mol. The molecule has 2 spiro atoms. The predicted molar refractivity (Wildman–Crippen MR) is 148 cm³/mol. The molecule has 2 aromatic carbocycles. The van der Waals surface area contributed by atoms with Crippen LogP contribution >= 0.6 is 0 Å². The summed E-state index contributed by atoms with van der Waals surface area (Å²) in [6, 6.07) is 11.4. The maximum absolute atomic E-state index is 13.8. The lowest BCUT2D eigenvalue weighted by Crippen LogP contribution is -2.70. The van der Waals surface area contributed by atoms with Gasteiger partial charge in [-0.25, -0.2) is 9.59 Å². The van der Waals surface area contributed by atoms with Crippen LogP contribution < -0.4 is 4.74 Å². The fourth-order valence-electron chi connectivity index (χ4n) is 8.76. The fraction of sp³-hybridized carbons (Fsp3) is 0.438. The first kappa shape index (κ1) is 28.4. The molecule has 1 unspecified atom stereocenters. The van der Waals surface area contributed by atoms with Crippen molar-refractivity contribution in [2.24, 2.45) is 5.41 Å². The fourth-order valence-corrected chi connectivity index (χ4v) is 8.76. The van der Waals surface area contributed by atoms with E-state index >= 15 is 0 Å². The summed E-state index contributed by atoms with van der Waals surface area (Å²) < 4.78 is 22.5. The summed E-state index contributed by atoms with van der Waals surface area (Å²) in [6.45, 7) is 1.80. The van der Waals surface area contributed by atoms with E-state index < -0.39 is 59.6 Å². The summed E-state index contributed by atoms with van der Waals surface area (Å²) in [6.07, 6.45) is -2.05. The number of rotatable bonds is 8. The molecule has 1 saturated heterocycles. The summed E-state index contributed by atoms with van der Waals surface area (Å²) in [4.78, 5) is 51.6. The minimum absolute atomic E-state index is 0.0686. The number of carboxylic acid groups (broad SMARTS) is 1. The van der Waals surface area contributed by atoms with Gasteiger partial charge in [0.2, 0.25) is 12.2 Å². The Morgan fingerprint density at radius 2 is 1.86 bits per heavy atom. The van der Waals surface area contributed by atoms with Crippen molar-refractivity contribution < 1.29 is 53.4 Å². The average molecular weight is 606 g/mol. The lowest BCUT2D eigenvalue weighted by atomic mass is 9.59. The van der Waals surface area contributed by atoms with Crippen LogP contribution in [0, 0.1) is 5.41 Å². The molecule has 3 aliphatic carbocycles. The maximum Gasteiger partial charge on any atom is 0.357 e. The smallest absolute Gasteiger partial charge is 0.357 e. The van der Waals surface area contributed by atoms with Gasteiger partial charge in [0.25, 0.3) is 0 Å². The zero-order valence-corrected chi connectivity index (χ0v) is 24.0. The Morgan fingerprint density at radius 1 is 1.11 bits per heavy atom.